The number of carbonyl (C=O) groups excluding carboxylic acids is 1. The van der Waals surface area contributed by atoms with Crippen molar-refractivity contribution in [1.82, 2.24) is 5.32 Å². The number of amides is 1. The van der Waals surface area contributed by atoms with Crippen LogP contribution in [0.25, 0.3) is 0 Å². The molecule has 104 valence electrons. The first kappa shape index (κ1) is 15.0. The molecule has 19 heavy (non-hydrogen) atoms. The van der Waals surface area contributed by atoms with E-state index in [1.165, 1.54) is 0 Å². The Morgan fingerprint density at radius 2 is 1.95 bits per heavy atom. The van der Waals surface area contributed by atoms with Crippen molar-refractivity contribution in [1.29, 1.82) is 0 Å². The first-order valence-corrected chi connectivity index (χ1v) is 6.20. The van der Waals surface area contributed by atoms with Gasteiger partial charge in [-0.2, -0.15) is 0 Å². The van der Waals surface area contributed by atoms with Gasteiger partial charge in [-0.25, -0.2) is 0 Å². The largest absolute Gasteiger partial charge is 0.480 e. The minimum atomic E-state index is -0.616. The number of benzene rings is 1. The summed E-state index contributed by atoms with van der Waals surface area (Å²) in [5.74, 6) is 0.340. The number of ether oxygens (including phenoxy) is 1. The minimum absolute atomic E-state index is 0.0644. The monoisotopic (exact) mass is 264 g/mol. The Labute approximate surface area is 113 Å². The third-order valence-electron chi connectivity index (χ3n) is 2.53. The average molecular weight is 264 g/mol. The number of hydrogen-bond donors (Lipinski definition) is 2. The van der Waals surface area contributed by atoms with Gasteiger partial charge in [0.15, 0.2) is 6.10 Å². The number of rotatable bonds is 5. The van der Waals surface area contributed by atoms with Crippen LogP contribution in [-0.4, -0.2) is 29.0 Å². The van der Waals surface area contributed by atoms with Crippen molar-refractivity contribution in [2.24, 2.45) is 5.16 Å². The second-order valence-electron chi connectivity index (χ2n) is 4.60. The molecule has 1 atom stereocenters. The highest BCUT2D eigenvalue weighted by molar-refractivity contribution is 6.00. The fourth-order valence-corrected chi connectivity index (χ4v) is 1.57. The van der Waals surface area contributed by atoms with Crippen molar-refractivity contribution < 1.29 is 14.7 Å². The summed E-state index contributed by atoms with van der Waals surface area (Å²) in [6, 6.07) is 7.20. The van der Waals surface area contributed by atoms with Gasteiger partial charge in [-0.1, -0.05) is 17.3 Å². The molecule has 1 unspecified atom stereocenters. The van der Waals surface area contributed by atoms with Crippen molar-refractivity contribution in [3.8, 4) is 5.75 Å². The SMILES string of the molecule is C/C(=N\O)c1ccccc1OC(C)C(=O)NC(C)C. The zero-order chi connectivity index (χ0) is 14.4. The number of nitrogens with one attached hydrogen (secondary N) is 1. The molecule has 0 radical (unpaired) electrons. The van der Waals surface area contributed by atoms with Gasteiger partial charge in [0.05, 0.1) is 5.71 Å². The molecule has 1 aromatic rings. The lowest BCUT2D eigenvalue weighted by Crippen LogP contribution is -2.40. The van der Waals surface area contributed by atoms with Crippen LogP contribution < -0.4 is 10.1 Å². The van der Waals surface area contributed by atoms with Crippen LogP contribution in [0.5, 0.6) is 5.75 Å². The summed E-state index contributed by atoms with van der Waals surface area (Å²) in [5.41, 5.74) is 1.10. The highest BCUT2D eigenvalue weighted by Gasteiger charge is 2.17. The van der Waals surface area contributed by atoms with Gasteiger partial charge >= 0.3 is 0 Å². The van der Waals surface area contributed by atoms with Gasteiger partial charge in [0.1, 0.15) is 5.75 Å². The molecule has 0 aliphatic rings. The zero-order valence-corrected chi connectivity index (χ0v) is 11.7. The molecule has 1 aromatic carbocycles. The van der Waals surface area contributed by atoms with E-state index in [9.17, 15) is 4.79 Å². The Morgan fingerprint density at radius 3 is 2.53 bits per heavy atom. The average Bonchev–Trinajstić information content (AvgIpc) is 2.37. The highest BCUT2D eigenvalue weighted by Crippen LogP contribution is 2.20. The van der Waals surface area contributed by atoms with Gasteiger partial charge in [-0.3, -0.25) is 4.79 Å². The molecule has 0 saturated carbocycles. The molecule has 0 aliphatic carbocycles. The van der Waals surface area contributed by atoms with Crippen molar-refractivity contribution in [2.75, 3.05) is 0 Å². The molecule has 0 bridgehead atoms. The van der Waals surface area contributed by atoms with E-state index in [4.69, 9.17) is 9.94 Å². The molecule has 5 heteroatoms. The minimum Gasteiger partial charge on any atom is -0.480 e. The maximum absolute atomic E-state index is 11.8. The van der Waals surface area contributed by atoms with Crippen LogP contribution in [0.3, 0.4) is 0 Å². The van der Waals surface area contributed by atoms with E-state index >= 15 is 0 Å². The number of hydrogen-bond acceptors (Lipinski definition) is 4. The summed E-state index contributed by atoms with van der Waals surface area (Å²) in [7, 11) is 0. The van der Waals surface area contributed by atoms with Gasteiger partial charge < -0.3 is 15.3 Å². The van der Waals surface area contributed by atoms with Gasteiger partial charge in [0.25, 0.3) is 5.91 Å². The Hall–Kier alpha value is -2.04. The Morgan fingerprint density at radius 1 is 1.32 bits per heavy atom. The molecule has 5 nitrogen and oxygen atoms in total. The van der Waals surface area contributed by atoms with Gasteiger partial charge in [0.2, 0.25) is 0 Å². The van der Waals surface area contributed by atoms with Gasteiger partial charge in [0, 0.05) is 11.6 Å². The second kappa shape index (κ2) is 6.78. The summed E-state index contributed by atoms with van der Waals surface area (Å²) in [6.07, 6.45) is -0.616. The lowest BCUT2D eigenvalue weighted by molar-refractivity contribution is -0.127. The summed E-state index contributed by atoms with van der Waals surface area (Å²) >= 11 is 0. The lowest BCUT2D eigenvalue weighted by Gasteiger charge is -2.18. The van der Waals surface area contributed by atoms with E-state index in [0.717, 1.165) is 0 Å². The van der Waals surface area contributed by atoms with Crippen LogP contribution in [0, 0.1) is 0 Å². The molecule has 0 saturated heterocycles. The van der Waals surface area contributed by atoms with E-state index in [1.807, 2.05) is 19.9 Å². The lowest BCUT2D eigenvalue weighted by atomic mass is 10.1. The van der Waals surface area contributed by atoms with Crippen LogP contribution in [0.4, 0.5) is 0 Å². The van der Waals surface area contributed by atoms with Crippen LogP contribution in [0.1, 0.15) is 33.3 Å². The molecule has 1 amide bonds. The number of carbonyl (C=O) groups is 1. The molecule has 0 aliphatic heterocycles. The predicted molar refractivity (Wildman–Crippen MR) is 73.8 cm³/mol. The normalized spacial score (nSPS) is 13.2. The first-order valence-electron chi connectivity index (χ1n) is 6.20. The number of para-hydroxylation sites is 1. The highest BCUT2D eigenvalue weighted by atomic mass is 16.5. The second-order valence-corrected chi connectivity index (χ2v) is 4.60. The van der Waals surface area contributed by atoms with E-state index in [0.29, 0.717) is 17.0 Å². The molecule has 2 N–H and O–H groups in total. The maximum Gasteiger partial charge on any atom is 0.260 e. The fourth-order valence-electron chi connectivity index (χ4n) is 1.57. The summed E-state index contributed by atoms with van der Waals surface area (Å²) in [6.45, 7) is 7.13. The van der Waals surface area contributed by atoms with Crippen LogP contribution in [0.15, 0.2) is 29.4 Å². The van der Waals surface area contributed by atoms with Crippen molar-refractivity contribution in [2.45, 2.75) is 39.8 Å². The molecule has 1 rings (SSSR count). The van der Waals surface area contributed by atoms with Crippen LogP contribution >= 0.6 is 0 Å². The standard InChI is InChI=1S/C14H20N2O3/c1-9(2)15-14(17)11(4)19-13-8-6-5-7-12(13)10(3)16-18/h5-9,11,18H,1-4H3,(H,15,17)/b16-10+. The topological polar surface area (TPSA) is 70.9 Å². The Bertz CT molecular complexity index is 470. The quantitative estimate of drug-likeness (QED) is 0.486. The van der Waals surface area contributed by atoms with E-state index in [2.05, 4.69) is 10.5 Å². The summed E-state index contributed by atoms with van der Waals surface area (Å²) in [5, 5.41) is 14.8. The molecule has 0 heterocycles. The van der Waals surface area contributed by atoms with E-state index < -0.39 is 6.10 Å². The maximum atomic E-state index is 11.8. The van der Waals surface area contributed by atoms with Crippen LogP contribution in [0.2, 0.25) is 0 Å². The van der Waals surface area contributed by atoms with Crippen molar-refractivity contribution >= 4 is 11.6 Å². The van der Waals surface area contributed by atoms with Gasteiger partial charge in [-0.15, -0.1) is 0 Å². The molecular formula is C14H20N2O3. The van der Waals surface area contributed by atoms with Crippen molar-refractivity contribution in [3.05, 3.63) is 29.8 Å². The first-order chi connectivity index (χ1) is 8.95. The zero-order valence-electron chi connectivity index (χ0n) is 11.7. The predicted octanol–water partition coefficient (Wildman–Crippen LogP) is 2.18. The van der Waals surface area contributed by atoms with Crippen molar-refractivity contribution in [3.63, 3.8) is 0 Å². The number of oxime groups is 1. The molecule has 0 fully saturated rings. The number of nitrogens with zero attached hydrogens (tertiary/aromatic N) is 1. The molecule has 0 spiro atoms. The van der Waals surface area contributed by atoms with E-state index in [1.54, 1.807) is 32.0 Å². The fraction of sp³-hybridized carbons (Fsp3) is 0.429. The summed E-state index contributed by atoms with van der Waals surface area (Å²) in [4.78, 5) is 11.8. The third-order valence-corrected chi connectivity index (χ3v) is 2.53. The summed E-state index contributed by atoms with van der Waals surface area (Å²) < 4.78 is 5.63. The molecular weight excluding hydrogens is 244 g/mol. The third kappa shape index (κ3) is 4.28. The smallest absolute Gasteiger partial charge is 0.260 e. The Kier molecular flexibility index (Phi) is 5.36. The van der Waals surface area contributed by atoms with Gasteiger partial charge in [-0.05, 0) is 39.8 Å². The van der Waals surface area contributed by atoms with E-state index in [-0.39, 0.29) is 11.9 Å². The molecule has 0 aromatic heterocycles. The van der Waals surface area contributed by atoms with Crippen LogP contribution in [-0.2, 0) is 4.79 Å². The Balaban J connectivity index is 2.85.